The van der Waals surface area contributed by atoms with Crippen LogP contribution < -0.4 is 26.7 Å². The molecule has 0 bridgehead atoms. The summed E-state index contributed by atoms with van der Waals surface area (Å²) in [6.07, 6.45) is 14.0. The molecule has 8 atom stereocenters. The third-order valence-electron chi connectivity index (χ3n) is 8.00. The van der Waals surface area contributed by atoms with Crippen LogP contribution in [-0.2, 0) is 7.79 Å². The summed E-state index contributed by atoms with van der Waals surface area (Å²) in [7, 11) is 0. The van der Waals surface area contributed by atoms with Gasteiger partial charge in [-0.25, -0.2) is 0 Å². The molecule has 3 saturated carbocycles. The van der Waals surface area contributed by atoms with E-state index in [1.165, 1.54) is 69.4 Å². The molecule has 5 fully saturated rings. The van der Waals surface area contributed by atoms with Gasteiger partial charge in [0.25, 0.3) is 0 Å². The minimum atomic E-state index is -0.741. The van der Waals surface area contributed by atoms with Gasteiger partial charge in [-0.3, -0.25) is 0 Å². The number of alkyl halides is 2. The Bertz CT molecular complexity index is 501. The van der Waals surface area contributed by atoms with E-state index in [0.29, 0.717) is 12.1 Å². The van der Waals surface area contributed by atoms with Crippen molar-refractivity contribution in [2.75, 3.05) is 4.61 Å². The molecule has 1 radical (unpaired) electrons. The summed E-state index contributed by atoms with van der Waals surface area (Å²) >= 11 is -0.616. The maximum atomic E-state index is 10.2. The molecule has 0 aromatic rings. The monoisotopic (exact) mass is 578 g/mol. The van der Waals surface area contributed by atoms with Crippen molar-refractivity contribution >= 4 is 23.3 Å². The summed E-state index contributed by atoms with van der Waals surface area (Å²) in [6.45, 7) is 0. The first-order chi connectivity index (χ1) is 12.8. The van der Waals surface area contributed by atoms with E-state index in [0.717, 1.165) is 35.9 Å². The first-order valence-corrected chi connectivity index (χ1v) is 16.7. The third-order valence-corrected chi connectivity index (χ3v) is 15.3. The van der Waals surface area contributed by atoms with E-state index in [1.807, 2.05) is 0 Å². The Morgan fingerprint density at radius 2 is 1.69 bits per heavy atom. The molecule has 5 aliphatic rings. The molecule has 147 valence electrons. The van der Waals surface area contributed by atoms with E-state index in [9.17, 15) is 5.21 Å². The van der Waals surface area contributed by atoms with Crippen molar-refractivity contribution in [2.45, 2.75) is 83.9 Å². The van der Waals surface area contributed by atoms with E-state index in [4.69, 9.17) is 7.79 Å². The van der Waals surface area contributed by atoms with Crippen molar-refractivity contribution in [3.05, 3.63) is 0 Å². The Hall–Kier alpha value is 1.40. The normalized spacial score (nSPS) is 50.2. The van der Waals surface area contributed by atoms with Gasteiger partial charge in [-0.05, 0) is 0 Å². The Balaban J connectivity index is 1.19. The number of hydrogen-bond donors (Lipinski definition) is 2. The Morgan fingerprint density at radius 3 is 2.58 bits per heavy atom. The molecule has 3 aliphatic carbocycles. The van der Waals surface area contributed by atoms with Crippen LogP contribution in [0, 0.1) is 23.7 Å². The molecule has 0 spiro atoms. The number of hydrogen-bond acceptors (Lipinski definition) is 5. The van der Waals surface area contributed by atoms with Crippen LogP contribution in [-0.4, -0.2) is 54.4 Å². The quantitative estimate of drug-likeness (QED) is 0.361. The number of halogens is 1. The molecule has 2 N–H and O–H groups in total. The predicted octanol–water partition coefficient (Wildman–Crippen LogP) is 0.124. The topological polar surface area (TPSA) is 54.0 Å². The van der Waals surface area contributed by atoms with Crippen LogP contribution >= 0.6 is 0 Å². The van der Waals surface area contributed by atoms with E-state index in [1.54, 1.807) is 0 Å². The SMILES string of the molecule is ON1OC[I-]C2CCC(C3CCCC(C4CC[CH]5[In][O]NC5C4)C3)CC21. The molecular formula is C19H32IInN2O3-. The first-order valence-electron chi connectivity index (χ1n) is 10.7. The molecule has 2 saturated heterocycles. The van der Waals surface area contributed by atoms with E-state index in [-0.39, 0.29) is 21.2 Å². The molecular weight excluding hydrogens is 546 g/mol. The van der Waals surface area contributed by atoms with Gasteiger partial charge >= 0.3 is 180 Å². The van der Waals surface area contributed by atoms with Gasteiger partial charge in [0, 0.05) is 0 Å². The third kappa shape index (κ3) is 4.01. The van der Waals surface area contributed by atoms with Gasteiger partial charge in [-0.15, -0.1) is 0 Å². The Kier molecular flexibility index (Phi) is 6.44. The molecule has 2 aliphatic heterocycles. The number of nitrogens with zero attached hydrogens (tertiary/aromatic N) is 1. The summed E-state index contributed by atoms with van der Waals surface area (Å²) < 4.78 is 8.23. The summed E-state index contributed by atoms with van der Waals surface area (Å²) in [5, 5.41) is 11.4. The first kappa shape index (κ1) is 19.4. The zero-order valence-electron chi connectivity index (χ0n) is 15.6. The average molecular weight is 578 g/mol. The van der Waals surface area contributed by atoms with E-state index < -0.39 is 23.3 Å². The number of rotatable bonds is 2. The molecule has 7 heteroatoms. The molecule has 8 unspecified atom stereocenters. The van der Waals surface area contributed by atoms with Gasteiger partial charge in [-0.1, -0.05) is 0 Å². The fourth-order valence-corrected chi connectivity index (χ4v) is 12.8. The maximum absolute atomic E-state index is 10.2. The Morgan fingerprint density at radius 1 is 0.923 bits per heavy atom. The van der Waals surface area contributed by atoms with E-state index >= 15 is 0 Å². The molecule has 2 heterocycles. The van der Waals surface area contributed by atoms with Gasteiger partial charge in [0.2, 0.25) is 0 Å². The molecule has 26 heavy (non-hydrogen) atoms. The summed E-state index contributed by atoms with van der Waals surface area (Å²) in [6, 6.07) is 1.01. The zero-order chi connectivity index (χ0) is 17.5. The number of hydroxylamine groups is 3. The summed E-state index contributed by atoms with van der Waals surface area (Å²) in [5.41, 5.74) is 3.38. The van der Waals surface area contributed by atoms with Crippen LogP contribution in [0.4, 0.5) is 0 Å². The fraction of sp³-hybridized carbons (Fsp3) is 1.00. The summed E-state index contributed by atoms with van der Waals surface area (Å²) in [4.78, 5) is 5.46. The molecule has 5 nitrogen and oxygen atoms in total. The van der Waals surface area contributed by atoms with E-state index in [2.05, 4.69) is 5.48 Å². The van der Waals surface area contributed by atoms with Gasteiger partial charge in [-0.2, -0.15) is 0 Å². The van der Waals surface area contributed by atoms with Crippen molar-refractivity contribution in [1.82, 2.24) is 10.7 Å². The van der Waals surface area contributed by atoms with Crippen LogP contribution in [0.3, 0.4) is 0 Å². The predicted molar refractivity (Wildman–Crippen MR) is 94.8 cm³/mol. The van der Waals surface area contributed by atoms with Crippen molar-refractivity contribution in [3.63, 3.8) is 0 Å². The molecule has 0 amide bonds. The summed E-state index contributed by atoms with van der Waals surface area (Å²) in [5.74, 6) is 3.60. The zero-order valence-corrected chi connectivity index (χ0v) is 21.0. The second kappa shape index (κ2) is 8.64. The standard InChI is InChI=1S/C19H32IN2O3.In/c23-21-17-6-2-5-15(10-17)13-3-1-4-14(9-13)16-7-8-18-19(11-16)22(24)25-12-20-18;/h6,13-19,21,24H,1-5,7-12H2;/q-2;+1. The second-order valence-electron chi connectivity index (χ2n) is 9.25. The number of nitrogens with one attached hydrogen (secondary N) is 1. The van der Waals surface area contributed by atoms with Gasteiger partial charge < -0.3 is 0 Å². The van der Waals surface area contributed by atoms with Crippen LogP contribution in [0.15, 0.2) is 0 Å². The van der Waals surface area contributed by atoms with Crippen LogP contribution in [0.2, 0.25) is 3.67 Å². The van der Waals surface area contributed by atoms with Crippen molar-refractivity contribution < 1.29 is 34.2 Å². The van der Waals surface area contributed by atoms with Gasteiger partial charge in [0.15, 0.2) is 0 Å². The van der Waals surface area contributed by atoms with Gasteiger partial charge in [0.1, 0.15) is 0 Å². The van der Waals surface area contributed by atoms with Crippen molar-refractivity contribution in [2.24, 2.45) is 23.7 Å². The van der Waals surface area contributed by atoms with Gasteiger partial charge in [0.05, 0.1) is 0 Å². The van der Waals surface area contributed by atoms with Crippen LogP contribution in [0.5, 0.6) is 0 Å². The average Bonchev–Trinajstić information content (AvgIpc) is 3.16. The van der Waals surface area contributed by atoms with Crippen LogP contribution in [0.1, 0.15) is 64.2 Å². The minimum absolute atomic E-state index is 0.124. The fourth-order valence-electron chi connectivity index (χ4n) is 6.52. The molecule has 5 rings (SSSR count). The molecule has 0 aromatic carbocycles. The number of fused-ring (bicyclic) bond motifs is 2. The van der Waals surface area contributed by atoms with Crippen LogP contribution in [0.25, 0.3) is 0 Å². The Labute approximate surface area is 179 Å². The molecule has 0 aromatic heterocycles. The van der Waals surface area contributed by atoms with Crippen molar-refractivity contribution in [1.29, 1.82) is 0 Å². The van der Waals surface area contributed by atoms with Crippen molar-refractivity contribution in [3.8, 4) is 0 Å². The second-order valence-corrected chi connectivity index (χ2v) is 16.3.